The molecule has 0 aliphatic carbocycles. The van der Waals surface area contributed by atoms with Crippen molar-refractivity contribution in [3.8, 4) is 0 Å². The Bertz CT molecular complexity index is 1610. The first kappa shape index (κ1) is 25.8. The number of aromatic nitrogens is 4. The maximum absolute atomic E-state index is 15.1. The molecule has 0 radical (unpaired) electrons. The molecule has 2 amide bonds. The molecule has 6 rings (SSSR count). The number of nitrogens with zero attached hydrogens (tertiary/aromatic N) is 5. The van der Waals surface area contributed by atoms with Crippen molar-refractivity contribution >= 4 is 35.1 Å². The molecule has 0 unspecified atom stereocenters. The van der Waals surface area contributed by atoms with Crippen LogP contribution < -0.4 is 15.5 Å². The van der Waals surface area contributed by atoms with E-state index in [2.05, 4.69) is 25.7 Å². The second-order valence-corrected chi connectivity index (χ2v) is 10.3. The molecule has 1 saturated heterocycles. The average Bonchev–Trinajstić information content (AvgIpc) is 3.56. The molecule has 10 nitrogen and oxygen atoms in total. The fourth-order valence-electron chi connectivity index (χ4n) is 5.15. The zero-order chi connectivity index (χ0) is 27.9. The summed E-state index contributed by atoms with van der Waals surface area (Å²) in [5.74, 6) is -0.521. The molecule has 2 aliphatic heterocycles. The van der Waals surface area contributed by atoms with Crippen LogP contribution in [0.25, 0.3) is 0 Å². The third-order valence-corrected chi connectivity index (χ3v) is 7.39. The number of fused-ring (bicyclic) bond motifs is 2. The highest BCUT2D eigenvalue weighted by Gasteiger charge is 2.50. The summed E-state index contributed by atoms with van der Waals surface area (Å²) in [7, 11) is 0. The van der Waals surface area contributed by atoms with Gasteiger partial charge in [0.25, 0.3) is 5.91 Å². The number of nitrogens with one attached hydrogen (secondary N) is 2. The second kappa shape index (κ2) is 10.2. The van der Waals surface area contributed by atoms with E-state index in [0.29, 0.717) is 37.6 Å². The summed E-state index contributed by atoms with van der Waals surface area (Å²) in [5.41, 5.74) is 2.64. The number of halogens is 2. The molecule has 2 aromatic heterocycles. The largest absolute Gasteiger partial charge is 0.436 e. The number of carbonyl (C=O) groups excluding carboxylic acids is 2. The van der Waals surface area contributed by atoms with E-state index in [0.717, 1.165) is 16.7 Å². The fourth-order valence-corrected chi connectivity index (χ4v) is 5.31. The molecule has 1 fully saturated rings. The lowest BCUT2D eigenvalue weighted by Crippen LogP contribution is -2.42. The Hall–Kier alpha value is -4.51. The van der Waals surface area contributed by atoms with Crippen molar-refractivity contribution < 1.29 is 18.7 Å². The Balaban J connectivity index is 1.12. The number of carbonyl (C=O) groups is 2. The summed E-state index contributed by atoms with van der Waals surface area (Å²) in [6.07, 6.45) is 4.77. The summed E-state index contributed by atoms with van der Waals surface area (Å²) in [4.78, 5) is 35.5. The van der Waals surface area contributed by atoms with Crippen molar-refractivity contribution in [2.24, 2.45) is 0 Å². The fraction of sp³-hybridized carbons (Fsp3) is 0.250. The lowest BCUT2D eigenvalue weighted by atomic mass is 9.89. The van der Waals surface area contributed by atoms with Crippen LogP contribution in [0.15, 0.2) is 61.2 Å². The van der Waals surface area contributed by atoms with Crippen molar-refractivity contribution in [2.75, 3.05) is 23.3 Å². The first-order valence-electron chi connectivity index (χ1n) is 12.7. The van der Waals surface area contributed by atoms with E-state index >= 15 is 4.39 Å². The standard InChI is InChI=1S/C28H25ClFN7O3/c1-17-11-34-37(13-17)14-19-4-2-18(3-5-19)12-31-26(38)22-10-23(33-16-32-22)36-9-8-28(15-36)24-21(35-27(39)40-28)7-6-20(29)25(24)30/h2-7,10-11,13,16H,8-9,12,14-15H2,1H3,(H,31,38)(H,35,39)/t28-/m1/s1. The minimum atomic E-state index is -1.23. The summed E-state index contributed by atoms with van der Waals surface area (Å²) in [5, 5.41) is 9.68. The highest BCUT2D eigenvalue weighted by atomic mass is 35.5. The Kier molecular flexibility index (Phi) is 6.59. The lowest BCUT2D eigenvalue weighted by Gasteiger charge is -2.35. The van der Waals surface area contributed by atoms with E-state index in [9.17, 15) is 9.59 Å². The molecule has 4 heterocycles. The molecule has 2 N–H and O–H groups in total. The minimum Gasteiger partial charge on any atom is -0.436 e. The van der Waals surface area contributed by atoms with Crippen LogP contribution in [0.3, 0.4) is 0 Å². The molecule has 2 aromatic carbocycles. The number of hydrogen-bond donors (Lipinski definition) is 2. The van der Waals surface area contributed by atoms with Gasteiger partial charge in [0, 0.05) is 31.8 Å². The van der Waals surface area contributed by atoms with Crippen LogP contribution in [0.1, 0.15) is 39.2 Å². The zero-order valence-electron chi connectivity index (χ0n) is 21.5. The number of ether oxygens (including phenoxy) is 1. The number of amides is 2. The van der Waals surface area contributed by atoms with Gasteiger partial charge in [-0.3, -0.25) is 14.8 Å². The molecule has 204 valence electrons. The van der Waals surface area contributed by atoms with Crippen LogP contribution in [-0.2, 0) is 23.4 Å². The number of benzene rings is 2. The van der Waals surface area contributed by atoms with E-state index in [-0.39, 0.29) is 28.7 Å². The topological polar surface area (TPSA) is 114 Å². The number of aryl methyl sites for hydroxylation is 1. The lowest BCUT2D eigenvalue weighted by molar-refractivity contribution is 0.0263. The zero-order valence-corrected chi connectivity index (χ0v) is 22.3. The van der Waals surface area contributed by atoms with Crippen LogP contribution >= 0.6 is 11.6 Å². The van der Waals surface area contributed by atoms with Crippen molar-refractivity contribution in [3.63, 3.8) is 0 Å². The van der Waals surface area contributed by atoms with Crippen molar-refractivity contribution in [2.45, 2.75) is 32.0 Å². The van der Waals surface area contributed by atoms with E-state index in [1.807, 2.05) is 53.2 Å². The van der Waals surface area contributed by atoms with Gasteiger partial charge >= 0.3 is 6.09 Å². The van der Waals surface area contributed by atoms with Crippen molar-refractivity contribution in [1.82, 2.24) is 25.1 Å². The smallest absolute Gasteiger partial charge is 0.412 e. The molecule has 0 bridgehead atoms. The highest BCUT2D eigenvalue weighted by molar-refractivity contribution is 6.31. The third kappa shape index (κ3) is 4.95. The van der Waals surface area contributed by atoms with Crippen molar-refractivity contribution in [3.05, 3.63) is 100.0 Å². The van der Waals surface area contributed by atoms with E-state index in [1.54, 1.807) is 12.1 Å². The molecular formula is C28H25ClFN7O3. The van der Waals surface area contributed by atoms with Crippen LogP contribution in [0.2, 0.25) is 5.02 Å². The summed E-state index contributed by atoms with van der Waals surface area (Å²) >= 11 is 6.04. The summed E-state index contributed by atoms with van der Waals surface area (Å²) < 4.78 is 22.6. The van der Waals surface area contributed by atoms with Crippen LogP contribution in [0.4, 0.5) is 20.7 Å². The molecule has 4 aromatic rings. The SMILES string of the molecule is Cc1cnn(Cc2ccc(CNC(=O)c3cc(N4CC[C@]5(C4)OC(=O)Nc4ccc(Cl)c(F)c45)ncn3)cc2)c1. The van der Waals surface area contributed by atoms with Gasteiger partial charge in [-0.2, -0.15) is 5.10 Å². The molecular weight excluding hydrogens is 537 g/mol. The summed E-state index contributed by atoms with van der Waals surface area (Å²) in [6, 6.07) is 12.5. The van der Waals surface area contributed by atoms with Crippen molar-refractivity contribution in [1.29, 1.82) is 0 Å². The first-order valence-corrected chi connectivity index (χ1v) is 13.1. The van der Waals surface area contributed by atoms with Crippen LogP contribution in [0.5, 0.6) is 0 Å². The Morgan fingerprint density at radius 1 is 1.20 bits per heavy atom. The highest BCUT2D eigenvalue weighted by Crippen LogP contribution is 2.46. The normalized spacial score (nSPS) is 17.9. The Labute approximate surface area is 234 Å². The maximum Gasteiger partial charge on any atom is 0.412 e. The first-order chi connectivity index (χ1) is 19.3. The van der Waals surface area contributed by atoms with Gasteiger partial charge in [0.1, 0.15) is 17.8 Å². The van der Waals surface area contributed by atoms with Gasteiger partial charge in [-0.05, 0) is 35.7 Å². The average molecular weight is 562 g/mol. The van der Waals surface area contributed by atoms with Gasteiger partial charge in [0.15, 0.2) is 11.4 Å². The van der Waals surface area contributed by atoms with Gasteiger partial charge in [0.05, 0.1) is 35.6 Å². The second-order valence-electron chi connectivity index (χ2n) is 9.94. The maximum atomic E-state index is 15.1. The van der Waals surface area contributed by atoms with Crippen LogP contribution in [-0.4, -0.2) is 44.8 Å². The number of hydrogen-bond acceptors (Lipinski definition) is 7. The number of anilines is 2. The van der Waals surface area contributed by atoms with Gasteiger partial charge in [-0.25, -0.2) is 19.2 Å². The van der Waals surface area contributed by atoms with Gasteiger partial charge in [0.2, 0.25) is 0 Å². The predicted octanol–water partition coefficient (Wildman–Crippen LogP) is 4.42. The molecule has 1 spiro atoms. The molecule has 2 aliphatic rings. The monoisotopic (exact) mass is 561 g/mol. The molecule has 1 atom stereocenters. The van der Waals surface area contributed by atoms with Crippen LogP contribution in [0, 0.1) is 12.7 Å². The van der Waals surface area contributed by atoms with Gasteiger partial charge < -0.3 is 15.0 Å². The third-order valence-electron chi connectivity index (χ3n) is 7.10. The predicted molar refractivity (Wildman–Crippen MR) is 146 cm³/mol. The van der Waals surface area contributed by atoms with E-state index < -0.39 is 17.5 Å². The van der Waals surface area contributed by atoms with Gasteiger partial charge in [-0.15, -0.1) is 0 Å². The summed E-state index contributed by atoms with van der Waals surface area (Å²) in [6.45, 7) is 3.56. The number of rotatable bonds is 6. The quantitative estimate of drug-likeness (QED) is 0.358. The molecule has 40 heavy (non-hydrogen) atoms. The van der Waals surface area contributed by atoms with Gasteiger partial charge in [-0.1, -0.05) is 35.9 Å². The van der Waals surface area contributed by atoms with E-state index in [1.165, 1.54) is 12.4 Å². The Morgan fingerprint density at radius 2 is 2.00 bits per heavy atom. The minimum absolute atomic E-state index is 0.0556. The van der Waals surface area contributed by atoms with E-state index in [4.69, 9.17) is 16.3 Å². The molecule has 0 saturated carbocycles. The molecule has 12 heteroatoms. The Morgan fingerprint density at radius 3 is 2.77 bits per heavy atom.